The van der Waals surface area contributed by atoms with Gasteiger partial charge in [0.25, 0.3) is 11.3 Å². The fourth-order valence-corrected chi connectivity index (χ4v) is 5.41. The maximum atomic E-state index is 12.5. The summed E-state index contributed by atoms with van der Waals surface area (Å²) in [6, 6.07) is 27.4. The van der Waals surface area contributed by atoms with Gasteiger partial charge in [0.05, 0.1) is 29.6 Å². The average Bonchev–Trinajstić information content (AvgIpc) is 2.95. The second-order valence-electron chi connectivity index (χ2n) is 9.42. The number of para-hydroxylation sites is 1. The van der Waals surface area contributed by atoms with Crippen LogP contribution in [-0.2, 0) is 24.3 Å². The minimum absolute atomic E-state index is 0.111. The molecule has 0 bridgehead atoms. The van der Waals surface area contributed by atoms with Crippen molar-refractivity contribution in [2.45, 2.75) is 26.0 Å². The van der Waals surface area contributed by atoms with Crippen LogP contribution in [0.25, 0.3) is 21.7 Å². The Morgan fingerprint density at radius 2 is 1.73 bits per heavy atom. The molecule has 40 heavy (non-hydrogen) atoms. The number of anilines is 1. The molecule has 9 heteroatoms. The summed E-state index contributed by atoms with van der Waals surface area (Å²) in [5.41, 5.74) is 3.13. The monoisotopic (exact) mass is 556 g/mol. The van der Waals surface area contributed by atoms with Crippen LogP contribution in [0.1, 0.15) is 28.5 Å². The third-order valence-corrected chi connectivity index (χ3v) is 7.62. The van der Waals surface area contributed by atoms with Crippen LogP contribution in [-0.4, -0.2) is 38.0 Å². The largest absolute Gasteiger partial charge is 0.496 e. The number of nitrogens with zero attached hydrogens (tertiary/aromatic N) is 2. The van der Waals surface area contributed by atoms with Crippen molar-refractivity contribution in [3.05, 3.63) is 108 Å². The van der Waals surface area contributed by atoms with Crippen LogP contribution in [0.3, 0.4) is 0 Å². The molecule has 0 spiro atoms. The Morgan fingerprint density at radius 3 is 2.50 bits per heavy atom. The molecule has 0 saturated carbocycles. The van der Waals surface area contributed by atoms with Crippen molar-refractivity contribution in [3.8, 4) is 11.5 Å². The highest BCUT2D eigenvalue weighted by Crippen LogP contribution is 2.30. The third kappa shape index (κ3) is 5.90. The second kappa shape index (κ2) is 11.7. The molecule has 5 aromatic rings. The van der Waals surface area contributed by atoms with Gasteiger partial charge in [0.1, 0.15) is 18.1 Å². The first-order valence-electron chi connectivity index (χ1n) is 12.6. The van der Waals surface area contributed by atoms with Gasteiger partial charge in [-0.15, -0.1) is 0 Å². The lowest BCUT2D eigenvalue weighted by Crippen LogP contribution is -2.36. The van der Waals surface area contributed by atoms with Crippen molar-refractivity contribution in [3.63, 3.8) is 0 Å². The number of hydrogen-bond acceptors (Lipinski definition) is 5. The molecule has 0 amide bonds. The standard InChI is InChI=1S/C31H28N2O6S/c1-20(15-23-7-8-24(31(34)35)18-30(23)38-2)33(40(36)37)27-13-10-21-11-14-28(17-25(21)16-27)39-19-26-12-9-22-5-3-4-6-29(22)32-26/h3-14,16-18,20H,15,19H2,1-2H3,(H,34,35)(H,36,37). The van der Waals surface area contributed by atoms with E-state index in [1.165, 1.54) is 23.5 Å². The van der Waals surface area contributed by atoms with E-state index in [9.17, 15) is 18.7 Å². The van der Waals surface area contributed by atoms with Crippen LogP contribution < -0.4 is 13.8 Å². The summed E-state index contributed by atoms with van der Waals surface area (Å²) in [4.78, 5) is 16.0. The topological polar surface area (TPSA) is 109 Å². The molecule has 204 valence electrons. The molecule has 2 unspecified atom stereocenters. The number of carboxylic acid groups (broad SMARTS) is 1. The van der Waals surface area contributed by atoms with Crippen LogP contribution in [0.5, 0.6) is 11.5 Å². The van der Waals surface area contributed by atoms with Gasteiger partial charge >= 0.3 is 5.97 Å². The van der Waals surface area contributed by atoms with Crippen molar-refractivity contribution in [2.75, 3.05) is 11.4 Å². The number of hydrogen-bond donors (Lipinski definition) is 2. The van der Waals surface area contributed by atoms with Crippen LogP contribution in [0.2, 0.25) is 0 Å². The van der Waals surface area contributed by atoms with Gasteiger partial charge < -0.3 is 14.6 Å². The zero-order chi connectivity index (χ0) is 28.2. The Balaban J connectivity index is 1.36. The number of ether oxygens (including phenoxy) is 2. The van der Waals surface area contributed by atoms with E-state index in [0.29, 0.717) is 30.2 Å². The van der Waals surface area contributed by atoms with E-state index in [0.717, 1.165) is 32.9 Å². The lowest BCUT2D eigenvalue weighted by Gasteiger charge is -2.28. The summed E-state index contributed by atoms with van der Waals surface area (Å²) in [6.45, 7) is 2.14. The summed E-state index contributed by atoms with van der Waals surface area (Å²) in [5, 5.41) is 12.2. The number of pyridine rings is 1. The molecule has 0 aliphatic carbocycles. The van der Waals surface area contributed by atoms with E-state index in [2.05, 4.69) is 4.98 Å². The predicted molar refractivity (Wildman–Crippen MR) is 156 cm³/mol. The number of carbonyl (C=O) groups is 1. The summed E-state index contributed by atoms with van der Waals surface area (Å²) >= 11 is -2.31. The second-order valence-corrected chi connectivity index (χ2v) is 10.3. The highest BCUT2D eigenvalue weighted by Gasteiger charge is 2.22. The molecule has 1 aromatic heterocycles. The average molecular weight is 557 g/mol. The first kappa shape index (κ1) is 27.1. The van der Waals surface area contributed by atoms with Crippen LogP contribution in [0, 0.1) is 0 Å². The van der Waals surface area contributed by atoms with E-state index in [1.807, 2.05) is 73.7 Å². The maximum Gasteiger partial charge on any atom is 0.335 e. The van der Waals surface area contributed by atoms with E-state index in [4.69, 9.17) is 9.47 Å². The molecule has 4 aromatic carbocycles. The fourth-order valence-electron chi connectivity index (χ4n) is 4.73. The highest BCUT2D eigenvalue weighted by atomic mass is 32.2. The van der Waals surface area contributed by atoms with Crippen LogP contribution in [0.4, 0.5) is 5.69 Å². The number of aromatic nitrogens is 1. The summed E-state index contributed by atoms with van der Waals surface area (Å²) in [7, 11) is 1.47. The third-order valence-electron chi connectivity index (χ3n) is 6.71. The number of rotatable bonds is 10. The van der Waals surface area contributed by atoms with Gasteiger partial charge in [0.2, 0.25) is 0 Å². The smallest absolute Gasteiger partial charge is 0.335 e. The SMILES string of the molecule is COc1cc(C(=O)O)ccc1CC(C)N(c1ccc2ccc(OCc3ccc4ccccc4n3)cc2c1)S(=O)O. The van der Waals surface area contributed by atoms with Gasteiger partial charge in [0, 0.05) is 11.4 Å². The predicted octanol–water partition coefficient (Wildman–Crippen LogP) is 6.25. The Labute approximate surface area is 234 Å². The van der Waals surface area contributed by atoms with E-state index >= 15 is 0 Å². The highest BCUT2D eigenvalue weighted by molar-refractivity contribution is 7.80. The van der Waals surface area contributed by atoms with Gasteiger partial charge in [-0.3, -0.25) is 8.86 Å². The minimum Gasteiger partial charge on any atom is -0.496 e. The molecule has 2 atom stereocenters. The normalized spacial score (nSPS) is 12.7. The fraction of sp³-hybridized carbons (Fsp3) is 0.161. The van der Waals surface area contributed by atoms with Gasteiger partial charge in [0.15, 0.2) is 0 Å². The zero-order valence-corrected chi connectivity index (χ0v) is 22.8. The van der Waals surface area contributed by atoms with Crippen LogP contribution in [0.15, 0.2) is 91.0 Å². The molecule has 2 N–H and O–H groups in total. The quantitative estimate of drug-likeness (QED) is 0.196. The van der Waals surface area contributed by atoms with Crippen molar-refractivity contribution in [1.29, 1.82) is 0 Å². The van der Waals surface area contributed by atoms with Crippen molar-refractivity contribution in [1.82, 2.24) is 4.98 Å². The maximum absolute atomic E-state index is 12.5. The molecule has 1 heterocycles. The van der Waals surface area contributed by atoms with Crippen LogP contribution >= 0.6 is 0 Å². The van der Waals surface area contributed by atoms with E-state index < -0.39 is 23.3 Å². The van der Waals surface area contributed by atoms with Gasteiger partial charge in [-0.1, -0.05) is 42.5 Å². The number of aromatic carboxylic acids is 1. The Bertz CT molecular complexity index is 1720. The number of fused-ring (bicyclic) bond motifs is 2. The summed E-state index contributed by atoms with van der Waals surface area (Å²) in [6.07, 6.45) is 0.356. The Hall–Kier alpha value is -4.47. The van der Waals surface area contributed by atoms with Crippen molar-refractivity contribution >= 4 is 44.6 Å². The molecule has 5 rings (SSSR count). The molecule has 0 radical (unpaired) electrons. The lowest BCUT2D eigenvalue weighted by molar-refractivity contribution is 0.0696. The van der Waals surface area contributed by atoms with E-state index in [1.54, 1.807) is 12.1 Å². The lowest BCUT2D eigenvalue weighted by atomic mass is 10.0. The van der Waals surface area contributed by atoms with E-state index in [-0.39, 0.29) is 5.56 Å². The van der Waals surface area contributed by atoms with Gasteiger partial charge in [-0.05, 0) is 78.2 Å². The number of carboxylic acids is 1. The van der Waals surface area contributed by atoms with Gasteiger partial charge in [-0.25, -0.2) is 14.0 Å². The Kier molecular flexibility index (Phi) is 7.95. The molecular weight excluding hydrogens is 528 g/mol. The molecule has 0 aliphatic heterocycles. The number of benzene rings is 4. The molecule has 8 nitrogen and oxygen atoms in total. The first-order chi connectivity index (χ1) is 19.3. The minimum atomic E-state index is -2.31. The Morgan fingerprint density at radius 1 is 0.950 bits per heavy atom. The van der Waals surface area contributed by atoms with Crippen molar-refractivity contribution in [2.24, 2.45) is 0 Å². The molecule has 0 fully saturated rings. The number of methoxy groups -OCH3 is 1. The molecule has 0 aliphatic rings. The summed E-state index contributed by atoms with van der Waals surface area (Å²) < 4.78 is 35.5. The summed E-state index contributed by atoms with van der Waals surface area (Å²) in [5.74, 6) is 0.0215. The zero-order valence-electron chi connectivity index (χ0n) is 22.0. The van der Waals surface area contributed by atoms with Crippen molar-refractivity contribution < 1.29 is 28.1 Å². The molecule has 0 saturated heterocycles. The van der Waals surface area contributed by atoms with Gasteiger partial charge in [-0.2, -0.15) is 0 Å². The molecular formula is C31H28N2O6S. The first-order valence-corrected chi connectivity index (χ1v) is 13.7.